The predicted molar refractivity (Wildman–Crippen MR) is 67.6 cm³/mol. The zero-order valence-corrected chi connectivity index (χ0v) is 10.4. The van der Waals surface area contributed by atoms with E-state index in [2.05, 4.69) is 4.98 Å². The third-order valence-corrected chi connectivity index (χ3v) is 3.29. The Morgan fingerprint density at radius 3 is 2.22 bits per heavy atom. The van der Waals surface area contributed by atoms with E-state index in [1.807, 2.05) is 0 Å². The van der Waals surface area contributed by atoms with Crippen LogP contribution in [0.15, 0.2) is 30.3 Å². The Morgan fingerprint density at radius 1 is 0.944 bits per heavy atom. The Bertz CT molecular complexity index is 710. The molecule has 0 bridgehead atoms. The summed E-state index contributed by atoms with van der Waals surface area (Å²) in [7, 11) is 0. The van der Waals surface area contributed by atoms with E-state index in [4.69, 9.17) is 23.2 Å². The molecule has 0 atom stereocenters. The highest BCUT2D eigenvalue weighted by Crippen LogP contribution is 2.32. The molecule has 1 aromatic heterocycles. The van der Waals surface area contributed by atoms with Crippen LogP contribution in [0.25, 0.3) is 0 Å². The first-order valence-electron chi connectivity index (χ1n) is 5.14. The number of hydrogen-bond donors (Lipinski definition) is 0. The first-order valence-corrected chi connectivity index (χ1v) is 5.89. The maximum Gasteiger partial charge on any atom is 0.212 e. The molecule has 0 saturated heterocycles. The number of fused-ring (bicyclic) bond motifs is 2. The minimum Gasteiger partial charge on any atom is -0.288 e. The van der Waals surface area contributed by atoms with E-state index in [-0.39, 0.29) is 33.0 Å². The van der Waals surface area contributed by atoms with Crippen LogP contribution in [0.2, 0.25) is 10.2 Å². The minimum atomic E-state index is -0.329. The minimum absolute atomic E-state index is 0.0243. The van der Waals surface area contributed by atoms with Gasteiger partial charge in [0.25, 0.3) is 0 Å². The second-order valence-electron chi connectivity index (χ2n) is 3.85. The van der Waals surface area contributed by atoms with E-state index in [0.29, 0.717) is 11.1 Å². The molecule has 0 radical (unpaired) electrons. The molecule has 3 nitrogen and oxygen atoms in total. The summed E-state index contributed by atoms with van der Waals surface area (Å²) in [6.07, 6.45) is 0. The number of benzene rings is 1. The third kappa shape index (κ3) is 1.48. The Balaban J connectivity index is 2.37. The molecule has 0 fully saturated rings. The molecule has 1 heterocycles. The smallest absolute Gasteiger partial charge is 0.212 e. The van der Waals surface area contributed by atoms with Crippen molar-refractivity contribution in [3.63, 3.8) is 0 Å². The first kappa shape index (κ1) is 11.4. The molecule has 1 aliphatic rings. The summed E-state index contributed by atoms with van der Waals surface area (Å²) in [5.74, 6) is -0.626. The summed E-state index contributed by atoms with van der Waals surface area (Å²) in [6, 6.07) is 7.95. The molecular formula is C13H5Cl2NO2. The van der Waals surface area contributed by atoms with E-state index in [0.717, 1.165) is 0 Å². The van der Waals surface area contributed by atoms with Crippen LogP contribution in [-0.2, 0) is 0 Å². The largest absolute Gasteiger partial charge is 0.288 e. The molecule has 0 N–H and O–H groups in total. The molecule has 1 aliphatic carbocycles. The summed E-state index contributed by atoms with van der Waals surface area (Å²) < 4.78 is 0. The van der Waals surface area contributed by atoms with Crippen LogP contribution in [0, 0.1) is 0 Å². The summed E-state index contributed by atoms with van der Waals surface area (Å²) in [5, 5.41) is 0.247. The average Bonchev–Trinajstić information content (AvgIpc) is 2.35. The second-order valence-corrected chi connectivity index (χ2v) is 4.65. The standard InChI is InChI=1S/C13H5Cl2NO2/c14-8-5-9(15)16-11-10(8)12(17)6-3-1-2-4-7(6)13(11)18/h1-5H. The molecule has 0 spiro atoms. The van der Waals surface area contributed by atoms with Gasteiger partial charge in [-0.1, -0.05) is 47.5 Å². The van der Waals surface area contributed by atoms with Gasteiger partial charge in [-0.3, -0.25) is 9.59 Å². The van der Waals surface area contributed by atoms with Crippen LogP contribution in [0.3, 0.4) is 0 Å². The van der Waals surface area contributed by atoms with Crippen molar-refractivity contribution < 1.29 is 9.59 Å². The third-order valence-electron chi connectivity index (χ3n) is 2.80. The first-order chi connectivity index (χ1) is 8.59. The maximum atomic E-state index is 12.3. The highest BCUT2D eigenvalue weighted by Gasteiger charge is 2.32. The van der Waals surface area contributed by atoms with E-state index >= 15 is 0 Å². The fraction of sp³-hybridized carbons (Fsp3) is 0. The zero-order valence-electron chi connectivity index (χ0n) is 8.91. The number of carbonyl (C=O) groups excluding carboxylic acids is 2. The summed E-state index contributed by atoms with van der Waals surface area (Å²) in [4.78, 5) is 28.4. The van der Waals surface area contributed by atoms with Crippen molar-refractivity contribution in [3.8, 4) is 0 Å². The van der Waals surface area contributed by atoms with Crippen LogP contribution in [0.4, 0.5) is 0 Å². The normalized spacial score (nSPS) is 13.2. The van der Waals surface area contributed by atoms with E-state index in [9.17, 15) is 9.59 Å². The lowest BCUT2D eigenvalue weighted by Gasteiger charge is -2.17. The fourth-order valence-electron chi connectivity index (χ4n) is 2.01. The van der Waals surface area contributed by atoms with Crippen molar-refractivity contribution in [2.24, 2.45) is 0 Å². The van der Waals surface area contributed by atoms with Crippen LogP contribution >= 0.6 is 23.2 Å². The number of pyridine rings is 1. The van der Waals surface area contributed by atoms with Crippen molar-refractivity contribution in [2.75, 3.05) is 0 Å². The summed E-state index contributed by atoms with van der Waals surface area (Å²) in [5.41, 5.74) is 0.836. The molecule has 88 valence electrons. The zero-order chi connectivity index (χ0) is 12.9. The number of carbonyl (C=O) groups is 2. The topological polar surface area (TPSA) is 47.0 Å². The molecule has 5 heteroatoms. The van der Waals surface area contributed by atoms with Crippen LogP contribution in [0.1, 0.15) is 32.0 Å². The Labute approximate surface area is 112 Å². The molecule has 18 heavy (non-hydrogen) atoms. The number of nitrogens with zero attached hydrogens (tertiary/aromatic N) is 1. The van der Waals surface area contributed by atoms with Gasteiger partial charge in [0, 0.05) is 11.1 Å². The van der Waals surface area contributed by atoms with Crippen LogP contribution < -0.4 is 0 Å². The van der Waals surface area contributed by atoms with Crippen molar-refractivity contribution >= 4 is 34.8 Å². The Hall–Kier alpha value is -1.71. The second kappa shape index (κ2) is 3.90. The maximum absolute atomic E-state index is 12.3. The van der Waals surface area contributed by atoms with Gasteiger partial charge in [-0.05, 0) is 6.07 Å². The van der Waals surface area contributed by atoms with Gasteiger partial charge in [0.05, 0.1) is 10.6 Å². The summed E-state index contributed by atoms with van der Waals surface area (Å²) >= 11 is 11.7. The fourth-order valence-corrected chi connectivity index (χ4v) is 2.53. The number of hydrogen-bond acceptors (Lipinski definition) is 3. The van der Waals surface area contributed by atoms with Gasteiger partial charge < -0.3 is 0 Å². The molecule has 3 rings (SSSR count). The monoisotopic (exact) mass is 277 g/mol. The van der Waals surface area contributed by atoms with Gasteiger partial charge in [-0.25, -0.2) is 4.98 Å². The van der Waals surface area contributed by atoms with Crippen LogP contribution in [-0.4, -0.2) is 16.6 Å². The lowest BCUT2D eigenvalue weighted by molar-refractivity contribution is 0.0975. The van der Waals surface area contributed by atoms with Gasteiger partial charge in [0.1, 0.15) is 10.8 Å². The van der Waals surface area contributed by atoms with Crippen molar-refractivity contribution in [1.29, 1.82) is 0 Å². The molecule has 0 saturated carbocycles. The molecule has 1 aromatic carbocycles. The quantitative estimate of drug-likeness (QED) is 0.593. The SMILES string of the molecule is O=C1c2ccccc2C(=O)c2c(Cl)cc(Cl)nc21. The molecule has 2 aromatic rings. The van der Waals surface area contributed by atoms with Crippen molar-refractivity contribution in [3.05, 3.63) is 62.9 Å². The van der Waals surface area contributed by atoms with E-state index < -0.39 is 0 Å². The van der Waals surface area contributed by atoms with E-state index in [1.165, 1.54) is 6.07 Å². The van der Waals surface area contributed by atoms with Gasteiger partial charge >= 0.3 is 0 Å². The molecule has 0 unspecified atom stereocenters. The summed E-state index contributed by atoms with van der Waals surface area (Å²) in [6.45, 7) is 0. The van der Waals surface area contributed by atoms with Gasteiger partial charge in [-0.15, -0.1) is 0 Å². The lowest BCUT2D eigenvalue weighted by atomic mass is 9.87. The number of ketones is 2. The van der Waals surface area contributed by atoms with Gasteiger partial charge in [0.2, 0.25) is 5.78 Å². The number of halogens is 2. The highest BCUT2D eigenvalue weighted by molar-refractivity contribution is 6.40. The van der Waals surface area contributed by atoms with Crippen molar-refractivity contribution in [2.45, 2.75) is 0 Å². The lowest BCUT2D eigenvalue weighted by Crippen LogP contribution is -2.22. The predicted octanol–water partition coefficient (Wildman–Crippen LogP) is 3.16. The molecule has 0 amide bonds. The van der Waals surface area contributed by atoms with Gasteiger partial charge in [0.15, 0.2) is 5.78 Å². The number of rotatable bonds is 0. The molecule has 0 aliphatic heterocycles. The van der Waals surface area contributed by atoms with Gasteiger partial charge in [-0.2, -0.15) is 0 Å². The number of aromatic nitrogens is 1. The molecular weight excluding hydrogens is 273 g/mol. The highest BCUT2D eigenvalue weighted by atomic mass is 35.5. The van der Waals surface area contributed by atoms with Crippen LogP contribution in [0.5, 0.6) is 0 Å². The van der Waals surface area contributed by atoms with E-state index in [1.54, 1.807) is 24.3 Å². The van der Waals surface area contributed by atoms with Crippen molar-refractivity contribution in [1.82, 2.24) is 4.98 Å². The average molecular weight is 278 g/mol. The Kier molecular flexibility index (Phi) is 2.47. The Morgan fingerprint density at radius 2 is 1.56 bits per heavy atom.